The summed E-state index contributed by atoms with van der Waals surface area (Å²) in [6.45, 7) is 8.77. The van der Waals surface area contributed by atoms with Crippen LogP contribution < -0.4 is 32.3 Å². The Labute approximate surface area is 340 Å². The molecule has 18 nitrogen and oxygen atoms in total. The summed E-state index contributed by atoms with van der Waals surface area (Å²) in [4.78, 5) is 103. The molecule has 18 heteroatoms. The third-order valence-corrected chi connectivity index (χ3v) is 7.97. The summed E-state index contributed by atoms with van der Waals surface area (Å²) in [5.41, 5.74) is 5.25. The molecule has 1 aromatic rings. The second kappa shape index (κ2) is 32.9. The van der Waals surface area contributed by atoms with E-state index in [2.05, 4.69) is 26.6 Å². The monoisotopic (exact) mass is 815 g/mol. The van der Waals surface area contributed by atoms with Crippen molar-refractivity contribution in [3.63, 3.8) is 0 Å². The van der Waals surface area contributed by atoms with Gasteiger partial charge in [0.2, 0.25) is 29.5 Å². The quantitative estimate of drug-likeness (QED) is 0.0387. The molecule has 2 rings (SSSR count). The average Bonchev–Trinajstić information content (AvgIpc) is 3.17. The Morgan fingerprint density at radius 3 is 2.05 bits per heavy atom. The van der Waals surface area contributed by atoms with Gasteiger partial charge in [-0.05, 0) is 74.8 Å². The number of anilines is 1. The van der Waals surface area contributed by atoms with Crippen LogP contribution in [0.2, 0.25) is 0 Å². The van der Waals surface area contributed by atoms with Gasteiger partial charge in [-0.2, -0.15) is 0 Å². The minimum atomic E-state index is -1.22. The number of carbonyl (C=O) groups excluding carboxylic acids is 7. The molecule has 1 aromatic carbocycles. The van der Waals surface area contributed by atoms with Crippen LogP contribution in [0.15, 0.2) is 42.5 Å². The van der Waals surface area contributed by atoms with E-state index in [0.717, 1.165) is 30.6 Å². The number of hydrogen-bond donors (Lipinski definition) is 8. The number of unbranched alkanes of at least 4 members (excludes halogenated alkanes) is 2. The van der Waals surface area contributed by atoms with Gasteiger partial charge >= 0.3 is 12.0 Å². The molecule has 0 bridgehead atoms. The third-order valence-electron chi connectivity index (χ3n) is 7.97. The van der Waals surface area contributed by atoms with E-state index in [1.165, 1.54) is 17.1 Å². The largest absolute Gasteiger partial charge is 0.483 e. The fraction of sp³-hybridized carbons (Fsp3) is 0.475. The highest BCUT2D eigenvalue weighted by molar-refractivity contribution is 6.06. The number of carboxylic acids is 1. The highest BCUT2D eigenvalue weighted by atomic mass is 16.4. The van der Waals surface area contributed by atoms with Crippen molar-refractivity contribution in [1.82, 2.24) is 26.2 Å². The van der Waals surface area contributed by atoms with Crippen LogP contribution in [0.1, 0.15) is 90.2 Å². The first-order chi connectivity index (χ1) is 27.7. The zero-order valence-electron chi connectivity index (χ0n) is 34.1. The van der Waals surface area contributed by atoms with Crippen LogP contribution in [0.3, 0.4) is 0 Å². The normalized spacial score (nSPS) is 12.1. The van der Waals surface area contributed by atoms with Crippen LogP contribution in [0.4, 0.5) is 10.5 Å². The molecular weight excluding hydrogens is 754 g/mol. The summed E-state index contributed by atoms with van der Waals surface area (Å²) < 4.78 is 0. The summed E-state index contributed by atoms with van der Waals surface area (Å²) in [6, 6.07) is 4.74. The molecule has 0 heterocycles. The van der Waals surface area contributed by atoms with E-state index in [-0.39, 0.29) is 37.8 Å². The molecule has 1 aliphatic rings. The minimum absolute atomic E-state index is 0.000411. The van der Waals surface area contributed by atoms with Gasteiger partial charge < -0.3 is 47.4 Å². The minimum Gasteiger partial charge on any atom is -0.483 e. The van der Waals surface area contributed by atoms with E-state index in [1.807, 2.05) is 39.8 Å². The summed E-state index contributed by atoms with van der Waals surface area (Å²) in [6.07, 6.45) is 13.4. The fourth-order valence-corrected chi connectivity index (χ4v) is 4.92. The van der Waals surface area contributed by atoms with Crippen LogP contribution in [0.25, 0.3) is 12.2 Å². The van der Waals surface area contributed by atoms with E-state index in [9.17, 15) is 38.4 Å². The van der Waals surface area contributed by atoms with E-state index in [1.54, 1.807) is 25.2 Å². The number of nitrogens with two attached hydrogens (primary N) is 1. The fourth-order valence-electron chi connectivity index (χ4n) is 4.92. The number of primary amides is 1. The van der Waals surface area contributed by atoms with Gasteiger partial charge in [-0.25, -0.2) is 9.59 Å². The van der Waals surface area contributed by atoms with Gasteiger partial charge in [0.1, 0.15) is 11.7 Å². The molecule has 1 fully saturated rings. The van der Waals surface area contributed by atoms with E-state index in [0.29, 0.717) is 69.3 Å². The number of aldehydes is 1. The molecule has 0 spiro atoms. The van der Waals surface area contributed by atoms with Gasteiger partial charge in [0.05, 0.1) is 6.54 Å². The van der Waals surface area contributed by atoms with Crippen molar-refractivity contribution < 1.29 is 53.4 Å². The molecule has 58 heavy (non-hydrogen) atoms. The number of amides is 7. The Kier molecular flexibility index (Phi) is 30.5. The predicted octanol–water partition coefficient (Wildman–Crippen LogP) is 2.84. The molecule has 1 saturated carbocycles. The first-order valence-corrected chi connectivity index (χ1v) is 19.0. The van der Waals surface area contributed by atoms with E-state index < -0.39 is 35.1 Å². The predicted molar refractivity (Wildman–Crippen MR) is 221 cm³/mol. The number of carbonyl (C=O) groups is 9. The van der Waals surface area contributed by atoms with Gasteiger partial charge in [0.15, 0.2) is 0 Å². The van der Waals surface area contributed by atoms with Gasteiger partial charge in [0, 0.05) is 57.5 Å². The SMILES string of the molecule is C/C=C/c1ccc(/C=C/C(=O)O)c(NC(=O)CCNC(=O)CNC(=O)C2(C(=O)NCCCCCN(C)C(=O)/C=C\C=O)CCC2)c1.CC.CCCNC(N)=O.O=CO. The van der Waals surface area contributed by atoms with Crippen molar-refractivity contribution in [1.29, 1.82) is 0 Å². The Balaban J connectivity index is 0. The molecule has 322 valence electrons. The van der Waals surface area contributed by atoms with Crippen LogP contribution in [-0.4, -0.2) is 109 Å². The van der Waals surface area contributed by atoms with Crippen molar-refractivity contribution >= 4 is 72.1 Å². The van der Waals surface area contributed by atoms with Crippen LogP contribution in [-0.2, 0) is 38.4 Å². The van der Waals surface area contributed by atoms with Crippen molar-refractivity contribution in [2.45, 2.75) is 79.1 Å². The molecular formula is C40H61N7O11. The Morgan fingerprint density at radius 1 is 0.862 bits per heavy atom. The second-order valence-corrected chi connectivity index (χ2v) is 12.3. The molecule has 0 saturated heterocycles. The maximum Gasteiger partial charge on any atom is 0.328 e. The van der Waals surface area contributed by atoms with E-state index in [4.69, 9.17) is 20.7 Å². The zero-order chi connectivity index (χ0) is 44.4. The van der Waals surface area contributed by atoms with Crippen LogP contribution in [0, 0.1) is 5.41 Å². The van der Waals surface area contributed by atoms with Crippen molar-refractivity contribution in [3.8, 4) is 0 Å². The maximum absolute atomic E-state index is 12.9. The summed E-state index contributed by atoms with van der Waals surface area (Å²) in [5.74, 6) is -3.19. The number of nitrogens with zero attached hydrogens (tertiary/aromatic N) is 1. The molecule has 0 aromatic heterocycles. The number of aliphatic carboxylic acids is 1. The number of carboxylic acid groups (broad SMARTS) is 2. The number of urea groups is 1. The Bertz CT molecular complexity index is 1570. The first-order valence-electron chi connectivity index (χ1n) is 19.0. The number of benzene rings is 1. The number of hydrogen-bond acceptors (Lipinski definition) is 9. The average molecular weight is 816 g/mol. The highest BCUT2D eigenvalue weighted by Crippen LogP contribution is 2.41. The lowest BCUT2D eigenvalue weighted by molar-refractivity contribution is -0.150. The maximum atomic E-state index is 12.9. The van der Waals surface area contributed by atoms with Gasteiger partial charge in [-0.1, -0.05) is 51.5 Å². The first kappa shape index (κ1) is 53.8. The number of likely N-dealkylation sites (N-methyl/N-ethyl adjacent to an activating group) is 1. The van der Waals surface area contributed by atoms with Gasteiger partial charge in [-0.3, -0.25) is 33.6 Å². The summed E-state index contributed by atoms with van der Waals surface area (Å²) >= 11 is 0. The smallest absolute Gasteiger partial charge is 0.328 e. The molecule has 1 aliphatic carbocycles. The third kappa shape index (κ3) is 23.6. The van der Waals surface area contributed by atoms with E-state index >= 15 is 0 Å². The lowest BCUT2D eigenvalue weighted by Gasteiger charge is -2.38. The molecule has 0 atom stereocenters. The molecule has 0 aliphatic heterocycles. The number of nitrogens with one attached hydrogen (secondary N) is 5. The Hall–Kier alpha value is -6.33. The van der Waals surface area contributed by atoms with Crippen molar-refractivity contribution in [2.75, 3.05) is 45.1 Å². The molecule has 0 unspecified atom stereocenters. The lowest BCUT2D eigenvalue weighted by atomic mass is 9.67. The van der Waals surface area contributed by atoms with Crippen molar-refractivity contribution in [2.24, 2.45) is 11.1 Å². The van der Waals surface area contributed by atoms with Crippen LogP contribution in [0.5, 0.6) is 0 Å². The standard InChI is InChI=1S/C33H43N5O8.C4H10N2O.C2H6.CH2O2/c1-3-9-24-11-12-25(13-14-30(43)44)26(22-24)37-27(40)15-19-34-28(41)23-36-32(46)33(16-8-17-33)31(45)35-18-5-4-6-20-38(2)29(42)10-7-21-39;1-2-3-6-4(5)7;1-2;2-1-3/h3,7,9-14,21-22H,4-6,8,15-20,23H2,1-2H3,(H,34,41)(H,35,45)(H,36,46)(H,37,40)(H,43,44);2-3H2,1H3,(H3,5,6,7);1-2H3;1H,(H,2,3)/b9-3+,10-7-,14-13+;;;. The zero-order valence-corrected chi connectivity index (χ0v) is 34.1. The number of allylic oxidation sites excluding steroid dienone is 2. The highest BCUT2D eigenvalue weighted by Gasteiger charge is 2.50. The van der Waals surface area contributed by atoms with Gasteiger partial charge in [0.25, 0.3) is 6.47 Å². The molecule has 7 amide bonds. The molecule has 9 N–H and O–H groups in total. The second-order valence-electron chi connectivity index (χ2n) is 12.3. The topological polar surface area (TPSA) is 284 Å². The Morgan fingerprint density at radius 2 is 1.52 bits per heavy atom. The summed E-state index contributed by atoms with van der Waals surface area (Å²) in [7, 11) is 1.64. The van der Waals surface area contributed by atoms with Crippen molar-refractivity contribution in [3.05, 3.63) is 53.6 Å². The van der Waals surface area contributed by atoms with Crippen LogP contribution >= 0.6 is 0 Å². The lowest BCUT2D eigenvalue weighted by Crippen LogP contribution is -2.56. The summed E-state index contributed by atoms with van der Waals surface area (Å²) in [5, 5.41) is 28.9. The van der Waals surface area contributed by atoms with Gasteiger partial charge in [-0.15, -0.1) is 0 Å². The molecule has 0 radical (unpaired) electrons. The number of rotatable bonds is 21.